The van der Waals surface area contributed by atoms with E-state index in [2.05, 4.69) is 14.9 Å². The third-order valence-electron chi connectivity index (χ3n) is 6.57. The number of halogens is 1. The Kier molecular flexibility index (Phi) is 6.81. The molecule has 2 heterocycles. The van der Waals surface area contributed by atoms with E-state index in [1.807, 2.05) is 14.0 Å². The maximum absolute atomic E-state index is 15.1. The van der Waals surface area contributed by atoms with Crippen molar-refractivity contribution < 1.29 is 23.9 Å². The Morgan fingerprint density at radius 3 is 2.70 bits per heavy atom. The van der Waals surface area contributed by atoms with E-state index in [4.69, 9.17) is 9.72 Å². The highest BCUT2D eigenvalue weighted by Gasteiger charge is 2.23. The molecule has 33 heavy (non-hydrogen) atoms. The van der Waals surface area contributed by atoms with Crippen LogP contribution in [0.4, 0.5) is 10.2 Å². The number of benzene rings is 1. The molecule has 0 saturated heterocycles. The molecule has 1 fully saturated rings. The third-order valence-corrected chi connectivity index (χ3v) is 6.57. The van der Waals surface area contributed by atoms with E-state index in [-0.39, 0.29) is 24.5 Å². The Hall–Kier alpha value is -3.16. The van der Waals surface area contributed by atoms with E-state index in [0.717, 1.165) is 29.7 Å². The average Bonchev–Trinajstić information content (AvgIpc) is 3.24. The summed E-state index contributed by atoms with van der Waals surface area (Å²) in [7, 11) is 1.98. The molecule has 1 aromatic carbocycles. The van der Waals surface area contributed by atoms with Gasteiger partial charge in [-0.1, -0.05) is 24.4 Å². The van der Waals surface area contributed by atoms with Crippen molar-refractivity contribution in [3.8, 4) is 11.5 Å². The second kappa shape index (κ2) is 9.77. The molecule has 1 saturated carbocycles. The molecule has 0 radical (unpaired) electrons. The van der Waals surface area contributed by atoms with Gasteiger partial charge in [-0.15, -0.1) is 0 Å². The minimum absolute atomic E-state index is 0.00271. The van der Waals surface area contributed by atoms with Crippen molar-refractivity contribution in [3.05, 3.63) is 46.4 Å². The smallest absolute Gasteiger partial charge is 0.340 e. The number of oxime groups is 1. The van der Waals surface area contributed by atoms with Crippen LogP contribution in [0.5, 0.6) is 11.5 Å². The summed E-state index contributed by atoms with van der Waals surface area (Å²) >= 11 is 0. The summed E-state index contributed by atoms with van der Waals surface area (Å²) in [6.45, 7) is 3.63. The molecule has 1 aliphatic carbocycles. The van der Waals surface area contributed by atoms with Gasteiger partial charge in [0.05, 0.1) is 6.42 Å². The normalized spacial score (nSPS) is 16.5. The van der Waals surface area contributed by atoms with Gasteiger partial charge < -0.3 is 19.6 Å². The summed E-state index contributed by atoms with van der Waals surface area (Å²) in [5, 5.41) is 14.1. The maximum Gasteiger partial charge on any atom is 0.340 e. The first kappa shape index (κ1) is 23.0. The molecule has 0 unspecified atom stereocenters. The zero-order valence-electron chi connectivity index (χ0n) is 19.4. The Morgan fingerprint density at radius 1 is 1.24 bits per heavy atom. The minimum atomic E-state index is -0.445. The zero-order valence-corrected chi connectivity index (χ0v) is 19.4. The highest BCUT2D eigenvalue weighted by atomic mass is 19.1. The summed E-state index contributed by atoms with van der Waals surface area (Å²) in [4.78, 5) is 22.5. The van der Waals surface area contributed by atoms with Crippen molar-refractivity contribution in [2.24, 2.45) is 5.16 Å². The molecule has 1 N–H and O–H groups in total. The van der Waals surface area contributed by atoms with Crippen molar-refractivity contribution in [2.75, 3.05) is 18.6 Å². The summed E-state index contributed by atoms with van der Waals surface area (Å²) < 4.78 is 20.7. The Bertz CT molecular complexity index is 1080. The van der Waals surface area contributed by atoms with Crippen molar-refractivity contribution in [1.29, 1.82) is 0 Å². The van der Waals surface area contributed by atoms with Crippen molar-refractivity contribution in [2.45, 2.75) is 64.8 Å². The molecule has 1 aliphatic heterocycles. The second-order valence-corrected chi connectivity index (χ2v) is 8.92. The van der Waals surface area contributed by atoms with E-state index in [9.17, 15) is 9.90 Å². The first-order valence-corrected chi connectivity index (χ1v) is 11.4. The lowest BCUT2D eigenvalue weighted by Gasteiger charge is -2.32. The van der Waals surface area contributed by atoms with E-state index in [1.165, 1.54) is 19.3 Å². The number of ether oxygens (including phenoxy) is 1. The van der Waals surface area contributed by atoms with Crippen LogP contribution in [-0.4, -0.2) is 41.5 Å². The van der Waals surface area contributed by atoms with Gasteiger partial charge >= 0.3 is 5.97 Å². The fraction of sp³-hybridized carbons (Fsp3) is 0.480. The zero-order chi connectivity index (χ0) is 23.5. The molecule has 7 nitrogen and oxygen atoms in total. The van der Waals surface area contributed by atoms with E-state index in [1.54, 1.807) is 25.1 Å². The van der Waals surface area contributed by atoms with Gasteiger partial charge in [-0.2, -0.15) is 0 Å². The van der Waals surface area contributed by atoms with Crippen molar-refractivity contribution >= 4 is 17.5 Å². The predicted molar refractivity (Wildman–Crippen MR) is 123 cm³/mol. The van der Waals surface area contributed by atoms with E-state index >= 15 is 4.39 Å². The number of carbonyl (C=O) groups excluding carboxylic acids is 1. The summed E-state index contributed by atoms with van der Waals surface area (Å²) in [6, 6.07) is 5.48. The number of hydrogen-bond donors (Lipinski definition) is 1. The number of aromatic nitrogens is 1. The number of aryl methyl sites for hydroxylation is 1. The molecular weight excluding hydrogens is 425 g/mol. The molecular formula is C25H30FN3O4. The van der Waals surface area contributed by atoms with Gasteiger partial charge in [-0.25, -0.2) is 14.2 Å². The number of carbonyl (C=O) groups is 1. The van der Waals surface area contributed by atoms with Crippen LogP contribution in [0.15, 0.2) is 23.4 Å². The number of anilines is 1. The van der Waals surface area contributed by atoms with Crippen LogP contribution in [-0.2, 0) is 16.1 Å². The van der Waals surface area contributed by atoms with Gasteiger partial charge in [-0.3, -0.25) is 0 Å². The molecule has 1 aromatic heterocycles. The Morgan fingerprint density at radius 2 is 2.00 bits per heavy atom. The number of aromatic hydroxyl groups is 1. The van der Waals surface area contributed by atoms with Crippen LogP contribution in [0, 0.1) is 19.7 Å². The largest absolute Gasteiger partial charge is 0.504 e. The number of pyridine rings is 1. The lowest BCUT2D eigenvalue weighted by atomic mass is 9.94. The van der Waals surface area contributed by atoms with Crippen LogP contribution >= 0.6 is 0 Å². The quantitative estimate of drug-likeness (QED) is 0.615. The SMILES string of the molecule is Cc1cc(OCC2=NOC(=O)C2)c(F)c(C)c1Cc1ccc(O)c(N(C)C2CCCCC2)n1. The maximum atomic E-state index is 15.1. The third kappa shape index (κ3) is 5.10. The Balaban J connectivity index is 1.52. The predicted octanol–water partition coefficient (Wildman–Crippen LogP) is 4.58. The van der Waals surface area contributed by atoms with Gasteiger partial charge in [0.2, 0.25) is 0 Å². The van der Waals surface area contributed by atoms with E-state index in [0.29, 0.717) is 29.6 Å². The average molecular weight is 456 g/mol. The Labute approximate surface area is 193 Å². The molecule has 2 aliphatic rings. The summed E-state index contributed by atoms with van der Waals surface area (Å²) in [5.74, 6) is -0.0321. The first-order chi connectivity index (χ1) is 15.8. The molecule has 4 rings (SSSR count). The highest BCUT2D eigenvalue weighted by molar-refractivity contribution is 6.02. The van der Waals surface area contributed by atoms with Crippen LogP contribution in [0.3, 0.4) is 0 Å². The van der Waals surface area contributed by atoms with E-state index < -0.39 is 11.8 Å². The van der Waals surface area contributed by atoms with Gasteiger partial charge in [0, 0.05) is 25.2 Å². The first-order valence-electron chi connectivity index (χ1n) is 11.4. The molecule has 0 amide bonds. The van der Waals surface area contributed by atoms with Crippen LogP contribution < -0.4 is 9.64 Å². The van der Waals surface area contributed by atoms with Crippen molar-refractivity contribution in [3.63, 3.8) is 0 Å². The molecule has 0 spiro atoms. The number of nitrogens with zero attached hydrogens (tertiary/aromatic N) is 3. The van der Waals surface area contributed by atoms with Crippen LogP contribution in [0.2, 0.25) is 0 Å². The lowest BCUT2D eigenvalue weighted by molar-refractivity contribution is -0.140. The summed E-state index contributed by atoms with van der Waals surface area (Å²) in [6.07, 6.45) is 6.33. The van der Waals surface area contributed by atoms with Gasteiger partial charge in [0.15, 0.2) is 23.1 Å². The number of rotatable bonds is 7. The van der Waals surface area contributed by atoms with Crippen LogP contribution in [0.25, 0.3) is 0 Å². The topological polar surface area (TPSA) is 84.2 Å². The van der Waals surface area contributed by atoms with Gasteiger partial charge in [0.1, 0.15) is 12.3 Å². The lowest BCUT2D eigenvalue weighted by Crippen LogP contribution is -2.34. The van der Waals surface area contributed by atoms with Crippen LogP contribution in [0.1, 0.15) is 60.9 Å². The molecule has 0 bridgehead atoms. The monoisotopic (exact) mass is 455 g/mol. The highest BCUT2D eigenvalue weighted by Crippen LogP contribution is 2.33. The number of hydrogen-bond acceptors (Lipinski definition) is 7. The molecule has 8 heteroatoms. The fourth-order valence-electron chi connectivity index (χ4n) is 4.58. The molecule has 176 valence electrons. The van der Waals surface area contributed by atoms with Gasteiger partial charge in [-0.05, 0) is 61.6 Å². The fourth-order valence-corrected chi connectivity index (χ4v) is 4.58. The molecule has 2 aromatic rings. The van der Waals surface area contributed by atoms with Crippen molar-refractivity contribution in [1.82, 2.24) is 4.98 Å². The minimum Gasteiger partial charge on any atom is -0.504 e. The summed E-state index contributed by atoms with van der Waals surface area (Å²) in [5.41, 5.74) is 3.40. The second-order valence-electron chi connectivity index (χ2n) is 8.92. The standard InChI is InChI=1S/C25H30FN3O4/c1-15-11-22(32-14-18-13-23(31)33-28-18)24(26)16(2)20(15)12-17-9-10-21(30)25(27-17)29(3)19-7-5-4-6-8-19/h9-11,19,30H,4-8,12-14H2,1-3H3. The molecule has 0 atom stereocenters. The van der Waals surface area contributed by atoms with Gasteiger partial charge in [0.25, 0.3) is 0 Å².